The highest BCUT2D eigenvalue weighted by Crippen LogP contribution is 2.27. The second-order valence-corrected chi connectivity index (χ2v) is 4.68. The molecule has 0 heterocycles. The Balaban J connectivity index is 2.23. The summed E-state index contributed by atoms with van der Waals surface area (Å²) in [6.45, 7) is 0.319. The molecule has 2 N–H and O–H groups in total. The van der Waals surface area contributed by atoms with Crippen LogP contribution >= 0.6 is 15.9 Å². The maximum Gasteiger partial charge on any atom is 0.137 e. The van der Waals surface area contributed by atoms with E-state index in [0.717, 1.165) is 10.0 Å². The first-order valence-corrected chi connectivity index (χ1v) is 6.36. The van der Waals surface area contributed by atoms with Crippen LogP contribution in [0, 0.1) is 5.82 Å². The Kier molecular flexibility index (Phi) is 4.33. The predicted molar refractivity (Wildman–Crippen MR) is 73.0 cm³/mol. The van der Waals surface area contributed by atoms with Crippen molar-refractivity contribution in [1.82, 2.24) is 0 Å². The van der Waals surface area contributed by atoms with Crippen LogP contribution in [0.5, 0.6) is 5.75 Å². The van der Waals surface area contributed by atoms with Crippen molar-refractivity contribution < 1.29 is 9.13 Å². The van der Waals surface area contributed by atoms with Crippen molar-refractivity contribution >= 4 is 15.9 Å². The number of hydrogen-bond acceptors (Lipinski definition) is 2. The number of rotatable bonds is 4. The van der Waals surface area contributed by atoms with Crippen molar-refractivity contribution in [2.45, 2.75) is 6.10 Å². The molecule has 2 aromatic rings. The second-order valence-electron chi connectivity index (χ2n) is 3.82. The minimum absolute atomic E-state index is 0.303. The summed E-state index contributed by atoms with van der Waals surface area (Å²) in [4.78, 5) is 0. The van der Waals surface area contributed by atoms with Gasteiger partial charge in [0.1, 0.15) is 17.7 Å². The van der Waals surface area contributed by atoms with Gasteiger partial charge in [0, 0.05) is 22.6 Å². The monoisotopic (exact) mass is 309 g/mol. The number of hydrogen-bond donors (Lipinski definition) is 1. The molecular weight excluding hydrogens is 297 g/mol. The summed E-state index contributed by atoms with van der Waals surface area (Å²) in [5.74, 6) is 0.150. The Labute approximate surface area is 114 Å². The van der Waals surface area contributed by atoms with E-state index in [1.807, 2.05) is 24.3 Å². The summed E-state index contributed by atoms with van der Waals surface area (Å²) in [7, 11) is 0. The van der Waals surface area contributed by atoms with Gasteiger partial charge in [-0.25, -0.2) is 4.39 Å². The highest BCUT2D eigenvalue weighted by molar-refractivity contribution is 9.10. The zero-order valence-corrected chi connectivity index (χ0v) is 11.2. The lowest BCUT2D eigenvalue weighted by molar-refractivity contribution is 0.212. The van der Waals surface area contributed by atoms with Gasteiger partial charge >= 0.3 is 0 Å². The minimum atomic E-state index is -0.324. The van der Waals surface area contributed by atoms with Crippen molar-refractivity contribution in [2.75, 3.05) is 6.54 Å². The smallest absolute Gasteiger partial charge is 0.137 e. The lowest BCUT2D eigenvalue weighted by atomic mass is 10.1. The van der Waals surface area contributed by atoms with Crippen molar-refractivity contribution in [3.8, 4) is 5.75 Å². The number of ether oxygens (including phenoxy) is 1. The van der Waals surface area contributed by atoms with E-state index < -0.39 is 0 Å². The first kappa shape index (κ1) is 13.1. The van der Waals surface area contributed by atoms with Gasteiger partial charge in [0.25, 0.3) is 0 Å². The van der Waals surface area contributed by atoms with E-state index in [-0.39, 0.29) is 11.9 Å². The lowest BCUT2D eigenvalue weighted by Crippen LogP contribution is -2.18. The fourth-order valence-corrected chi connectivity index (χ4v) is 2.22. The molecular formula is C14H13BrFNO. The molecule has 4 heteroatoms. The molecule has 0 aliphatic heterocycles. The summed E-state index contributed by atoms with van der Waals surface area (Å²) in [5.41, 5.74) is 6.67. The van der Waals surface area contributed by atoms with Gasteiger partial charge in [-0.15, -0.1) is 0 Å². The quantitative estimate of drug-likeness (QED) is 0.935. The van der Waals surface area contributed by atoms with Crippen LogP contribution < -0.4 is 10.5 Å². The first-order valence-electron chi connectivity index (χ1n) is 5.57. The van der Waals surface area contributed by atoms with Gasteiger partial charge in [0.15, 0.2) is 0 Å². The maximum absolute atomic E-state index is 13.1. The molecule has 2 nitrogen and oxygen atoms in total. The molecule has 0 saturated carbocycles. The molecule has 2 aromatic carbocycles. The summed E-state index contributed by atoms with van der Waals surface area (Å²) < 4.78 is 19.7. The zero-order chi connectivity index (χ0) is 13.0. The van der Waals surface area contributed by atoms with Gasteiger partial charge < -0.3 is 10.5 Å². The SMILES string of the molecule is NCC(Oc1cccc(F)c1)c1ccccc1Br. The fourth-order valence-electron chi connectivity index (χ4n) is 1.68. The van der Waals surface area contributed by atoms with Crippen molar-refractivity contribution in [3.05, 3.63) is 64.4 Å². The molecule has 0 bridgehead atoms. The van der Waals surface area contributed by atoms with Gasteiger partial charge in [-0.2, -0.15) is 0 Å². The molecule has 0 saturated heterocycles. The molecule has 1 unspecified atom stereocenters. The van der Waals surface area contributed by atoms with Crippen LogP contribution in [0.1, 0.15) is 11.7 Å². The molecule has 0 amide bonds. The van der Waals surface area contributed by atoms with Gasteiger partial charge in [0.05, 0.1) is 0 Å². The molecule has 0 radical (unpaired) electrons. The van der Waals surface area contributed by atoms with Gasteiger partial charge in [0.2, 0.25) is 0 Å². The molecule has 0 aromatic heterocycles. The van der Waals surface area contributed by atoms with Crippen LogP contribution in [0.2, 0.25) is 0 Å². The summed E-state index contributed by atoms with van der Waals surface area (Å²) in [6, 6.07) is 13.7. The number of nitrogens with two attached hydrogens (primary N) is 1. The normalized spacial score (nSPS) is 12.2. The van der Waals surface area contributed by atoms with E-state index in [9.17, 15) is 4.39 Å². The molecule has 0 fully saturated rings. The van der Waals surface area contributed by atoms with Gasteiger partial charge in [-0.05, 0) is 18.2 Å². The fraction of sp³-hybridized carbons (Fsp3) is 0.143. The van der Waals surface area contributed by atoms with Crippen LogP contribution in [0.3, 0.4) is 0 Å². The Hall–Kier alpha value is -1.39. The topological polar surface area (TPSA) is 35.2 Å². The molecule has 18 heavy (non-hydrogen) atoms. The number of halogens is 2. The van der Waals surface area contributed by atoms with Crippen LogP contribution in [-0.2, 0) is 0 Å². The Bertz CT molecular complexity index is 533. The predicted octanol–water partition coefficient (Wildman–Crippen LogP) is 3.67. The van der Waals surface area contributed by atoms with E-state index in [1.54, 1.807) is 12.1 Å². The maximum atomic E-state index is 13.1. The van der Waals surface area contributed by atoms with E-state index in [0.29, 0.717) is 12.3 Å². The minimum Gasteiger partial charge on any atom is -0.484 e. The lowest BCUT2D eigenvalue weighted by Gasteiger charge is -2.19. The highest BCUT2D eigenvalue weighted by Gasteiger charge is 2.14. The van der Waals surface area contributed by atoms with E-state index in [4.69, 9.17) is 10.5 Å². The third-order valence-electron chi connectivity index (χ3n) is 2.54. The van der Waals surface area contributed by atoms with Gasteiger partial charge in [-0.3, -0.25) is 0 Å². The third-order valence-corrected chi connectivity index (χ3v) is 3.26. The van der Waals surface area contributed by atoms with E-state index >= 15 is 0 Å². The van der Waals surface area contributed by atoms with Crippen LogP contribution in [0.25, 0.3) is 0 Å². The summed E-state index contributed by atoms with van der Waals surface area (Å²) in [6.07, 6.45) is -0.303. The van der Waals surface area contributed by atoms with E-state index in [1.165, 1.54) is 12.1 Å². The summed E-state index contributed by atoms with van der Waals surface area (Å²) in [5, 5.41) is 0. The average Bonchev–Trinajstić information content (AvgIpc) is 2.37. The average molecular weight is 310 g/mol. The Morgan fingerprint density at radius 2 is 1.94 bits per heavy atom. The van der Waals surface area contributed by atoms with Gasteiger partial charge in [-0.1, -0.05) is 40.2 Å². The molecule has 0 aliphatic carbocycles. The zero-order valence-electron chi connectivity index (χ0n) is 9.64. The van der Waals surface area contributed by atoms with E-state index in [2.05, 4.69) is 15.9 Å². The molecule has 0 spiro atoms. The Morgan fingerprint density at radius 3 is 2.61 bits per heavy atom. The first-order chi connectivity index (χ1) is 8.70. The molecule has 94 valence electrons. The van der Waals surface area contributed by atoms with Crippen molar-refractivity contribution in [1.29, 1.82) is 0 Å². The number of benzene rings is 2. The molecule has 1 atom stereocenters. The Morgan fingerprint density at radius 1 is 1.17 bits per heavy atom. The van der Waals surface area contributed by atoms with Crippen LogP contribution in [-0.4, -0.2) is 6.54 Å². The standard InChI is InChI=1S/C14H13BrFNO/c15-13-7-2-1-6-12(13)14(9-17)18-11-5-3-4-10(16)8-11/h1-8,14H,9,17H2. The second kappa shape index (κ2) is 5.98. The van der Waals surface area contributed by atoms with Crippen LogP contribution in [0.4, 0.5) is 4.39 Å². The third kappa shape index (κ3) is 3.09. The molecule has 0 aliphatic rings. The summed E-state index contributed by atoms with van der Waals surface area (Å²) >= 11 is 3.46. The highest BCUT2D eigenvalue weighted by atomic mass is 79.9. The van der Waals surface area contributed by atoms with Crippen molar-refractivity contribution in [3.63, 3.8) is 0 Å². The van der Waals surface area contributed by atoms with Crippen molar-refractivity contribution in [2.24, 2.45) is 5.73 Å². The van der Waals surface area contributed by atoms with Crippen LogP contribution in [0.15, 0.2) is 53.0 Å². The molecule has 2 rings (SSSR count). The largest absolute Gasteiger partial charge is 0.484 e.